The molecule has 0 amide bonds. The zero-order valence-corrected chi connectivity index (χ0v) is 13.5. The Kier molecular flexibility index (Phi) is 4.88. The normalized spacial score (nSPS) is 38.6. The Labute approximate surface area is 127 Å². The average molecular weight is 316 g/mol. The number of nitrogens with two attached hydrogens (primary N) is 1. The largest absolute Gasteiger partial charge is 0.373 e. The standard InChI is InChI=1S/C15H28N2O3S/c16-13-10-17-14(11-3-1-2-4-11)9-15(13)20-12-5-7-21(18,19)8-6-12/h11-15,17H,1-10,16H2. The van der Waals surface area contributed by atoms with Crippen molar-refractivity contribution in [2.75, 3.05) is 18.1 Å². The zero-order chi connectivity index (χ0) is 14.9. The van der Waals surface area contributed by atoms with Gasteiger partial charge in [0.05, 0.1) is 23.7 Å². The van der Waals surface area contributed by atoms with Gasteiger partial charge in [-0.25, -0.2) is 8.42 Å². The van der Waals surface area contributed by atoms with Crippen LogP contribution in [0.5, 0.6) is 0 Å². The summed E-state index contributed by atoms with van der Waals surface area (Å²) in [5, 5.41) is 3.59. The second kappa shape index (κ2) is 6.52. The first-order chi connectivity index (χ1) is 10.0. The topological polar surface area (TPSA) is 81.4 Å². The Balaban J connectivity index is 1.53. The van der Waals surface area contributed by atoms with Crippen LogP contribution >= 0.6 is 0 Å². The molecule has 122 valence electrons. The third-order valence-corrected chi connectivity index (χ3v) is 7.13. The van der Waals surface area contributed by atoms with E-state index >= 15 is 0 Å². The lowest BCUT2D eigenvalue weighted by molar-refractivity contribution is -0.0507. The Morgan fingerprint density at radius 3 is 2.38 bits per heavy atom. The smallest absolute Gasteiger partial charge is 0.150 e. The minimum Gasteiger partial charge on any atom is -0.373 e. The van der Waals surface area contributed by atoms with Gasteiger partial charge in [0.2, 0.25) is 0 Å². The molecule has 3 rings (SSSR count). The number of piperidine rings is 1. The molecule has 21 heavy (non-hydrogen) atoms. The highest BCUT2D eigenvalue weighted by atomic mass is 32.2. The summed E-state index contributed by atoms with van der Waals surface area (Å²) in [6.45, 7) is 0.816. The molecule has 0 radical (unpaired) electrons. The lowest BCUT2D eigenvalue weighted by Gasteiger charge is -2.39. The van der Waals surface area contributed by atoms with E-state index in [-0.39, 0.29) is 29.8 Å². The van der Waals surface area contributed by atoms with Crippen LogP contribution in [-0.4, -0.2) is 50.8 Å². The SMILES string of the molecule is NC1CNC(C2CCCC2)CC1OC1CCS(=O)(=O)CC1. The maximum absolute atomic E-state index is 11.5. The fourth-order valence-electron chi connectivity index (χ4n) is 4.05. The van der Waals surface area contributed by atoms with Crippen LogP contribution in [0, 0.1) is 5.92 Å². The molecule has 1 saturated carbocycles. The summed E-state index contributed by atoms with van der Waals surface area (Å²) < 4.78 is 29.2. The maximum Gasteiger partial charge on any atom is 0.150 e. The van der Waals surface area contributed by atoms with Crippen LogP contribution < -0.4 is 11.1 Å². The molecule has 2 heterocycles. The molecule has 3 fully saturated rings. The van der Waals surface area contributed by atoms with Crippen LogP contribution in [0.1, 0.15) is 44.9 Å². The van der Waals surface area contributed by atoms with E-state index < -0.39 is 9.84 Å². The molecule has 0 bridgehead atoms. The van der Waals surface area contributed by atoms with E-state index in [1.807, 2.05) is 0 Å². The second-order valence-corrected chi connectivity index (χ2v) is 9.29. The number of nitrogens with one attached hydrogen (secondary N) is 1. The van der Waals surface area contributed by atoms with E-state index in [0.29, 0.717) is 18.9 Å². The number of rotatable bonds is 3. The van der Waals surface area contributed by atoms with Crippen molar-refractivity contribution in [3.63, 3.8) is 0 Å². The molecule has 6 heteroatoms. The fraction of sp³-hybridized carbons (Fsp3) is 1.00. The van der Waals surface area contributed by atoms with Crippen LogP contribution in [0.2, 0.25) is 0 Å². The second-order valence-electron chi connectivity index (χ2n) is 6.98. The third kappa shape index (κ3) is 3.97. The van der Waals surface area contributed by atoms with E-state index in [1.54, 1.807) is 0 Å². The van der Waals surface area contributed by atoms with Crippen molar-refractivity contribution in [1.82, 2.24) is 5.32 Å². The summed E-state index contributed by atoms with van der Waals surface area (Å²) in [6, 6.07) is 0.561. The maximum atomic E-state index is 11.5. The van der Waals surface area contributed by atoms with Crippen LogP contribution in [-0.2, 0) is 14.6 Å². The van der Waals surface area contributed by atoms with Crippen LogP contribution in [0.25, 0.3) is 0 Å². The molecule has 0 aromatic carbocycles. The number of sulfone groups is 1. The summed E-state index contributed by atoms with van der Waals surface area (Å²) in [7, 11) is -2.82. The lowest BCUT2D eigenvalue weighted by atomic mass is 9.87. The van der Waals surface area contributed by atoms with Crippen molar-refractivity contribution in [3.05, 3.63) is 0 Å². The molecule has 2 saturated heterocycles. The molecule has 3 unspecified atom stereocenters. The Hall–Kier alpha value is -0.170. The van der Waals surface area contributed by atoms with Crippen molar-refractivity contribution in [2.24, 2.45) is 11.7 Å². The van der Waals surface area contributed by atoms with Gasteiger partial charge in [-0.2, -0.15) is 0 Å². The molecule has 3 aliphatic rings. The van der Waals surface area contributed by atoms with Crippen LogP contribution in [0.15, 0.2) is 0 Å². The van der Waals surface area contributed by atoms with Gasteiger partial charge in [0.25, 0.3) is 0 Å². The third-order valence-electron chi connectivity index (χ3n) is 5.42. The predicted octanol–water partition coefficient (Wildman–Crippen LogP) is 0.828. The van der Waals surface area contributed by atoms with E-state index in [1.165, 1.54) is 25.7 Å². The van der Waals surface area contributed by atoms with Gasteiger partial charge in [0.15, 0.2) is 9.84 Å². The minimum atomic E-state index is -2.82. The van der Waals surface area contributed by atoms with E-state index in [2.05, 4.69) is 5.32 Å². The summed E-state index contributed by atoms with van der Waals surface area (Å²) in [4.78, 5) is 0. The predicted molar refractivity (Wildman–Crippen MR) is 82.9 cm³/mol. The first-order valence-corrected chi connectivity index (χ1v) is 10.2. The number of hydrogen-bond acceptors (Lipinski definition) is 5. The van der Waals surface area contributed by atoms with Crippen LogP contribution in [0.4, 0.5) is 0 Å². The van der Waals surface area contributed by atoms with Gasteiger partial charge in [0.1, 0.15) is 0 Å². The Bertz CT molecular complexity index is 434. The Morgan fingerprint density at radius 1 is 1.05 bits per heavy atom. The summed E-state index contributed by atoms with van der Waals surface area (Å²) >= 11 is 0. The van der Waals surface area contributed by atoms with Gasteiger partial charge in [-0.05, 0) is 38.0 Å². The van der Waals surface area contributed by atoms with E-state index in [9.17, 15) is 8.42 Å². The first-order valence-electron chi connectivity index (χ1n) is 8.38. The molecular formula is C15H28N2O3S. The average Bonchev–Trinajstić information content (AvgIpc) is 2.97. The molecule has 2 aliphatic heterocycles. The molecule has 3 atom stereocenters. The fourth-order valence-corrected chi connectivity index (χ4v) is 5.50. The highest BCUT2D eigenvalue weighted by Gasteiger charge is 2.36. The summed E-state index contributed by atoms with van der Waals surface area (Å²) in [5.41, 5.74) is 6.20. The molecule has 1 aliphatic carbocycles. The highest BCUT2D eigenvalue weighted by Crippen LogP contribution is 2.32. The molecule has 0 aromatic heterocycles. The quantitative estimate of drug-likeness (QED) is 0.806. The van der Waals surface area contributed by atoms with Crippen molar-refractivity contribution in [1.29, 1.82) is 0 Å². The summed E-state index contributed by atoms with van der Waals surface area (Å²) in [6.07, 6.45) is 7.74. The molecule has 5 nitrogen and oxygen atoms in total. The minimum absolute atomic E-state index is 0.0289. The molecule has 0 spiro atoms. The van der Waals surface area contributed by atoms with E-state index in [4.69, 9.17) is 10.5 Å². The van der Waals surface area contributed by atoms with Gasteiger partial charge in [-0.15, -0.1) is 0 Å². The first kappa shape index (κ1) is 15.7. The van der Waals surface area contributed by atoms with E-state index in [0.717, 1.165) is 18.9 Å². The Morgan fingerprint density at radius 2 is 1.71 bits per heavy atom. The van der Waals surface area contributed by atoms with Gasteiger partial charge < -0.3 is 15.8 Å². The highest BCUT2D eigenvalue weighted by molar-refractivity contribution is 7.91. The van der Waals surface area contributed by atoms with Gasteiger partial charge in [-0.1, -0.05) is 12.8 Å². The van der Waals surface area contributed by atoms with Crippen molar-refractivity contribution in [3.8, 4) is 0 Å². The zero-order valence-electron chi connectivity index (χ0n) is 12.7. The summed E-state index contributed by atoms with van der Waals surface area (Å²) in [5.74, 6) is 1.31. The van der Waals surface area contributed by atoms with Gasteiger partial charge in [-0.3, -0.25) is 0 Å². The van der Waals surface area contributed by atoms with Crippen molar-refractivity contribution < 1.29 is 13.2 Å². The molecular weight excluding hydrogens is 288 g/mol. The number of hydrogen-bond donors (Lipinski definition) is 2. The molecule has 3 N–H and O–H groups in total. The monoisotopic (exact) mass is 316 g/mol. The van der Waals surface area contributed by atoms with Crippen LogP contribution in [0.3, 0.4) is 0 Å². The van der Waals surface area contributed by atoms with Gasteiger partial charge >= 0.3 is 0 Å². The van der Waals surface area contributed by atoms with Gasteiger partial charge in [0, 0.05) is 18.6 Å². The number of ether oxygens (including phenoxy) is 1. The van der Waals surface area contributed by atoms with Crippen molar-refractivity contribution >= 4 is 9.84 Å². The molecule has 0 aromatic rings. The van der Waals surface area contributed by atoms with Crippen molar-refractivity contribution in [2.45, 2.75) is 69.2 Å². The lowest BCUT2D eigenvalue weighted by Crippen LogP contribution is -2.57.